The Morgan fingerprint density at radius 2 is 2.10 bits per heavy atom. The highest BCUT2D eigenvalue weighted by Gasteiger charge is 2.37. The molecule has 4 rings (SSSR count). The SMILES string of the molecule is CCOC(=O)c1c2n(c3c(F)c(N4CC[C@@H](N(C)C)C4)c(F)cc3c1=O)C(C)S2. The smallest absolute Gasteiger partial charge is 0.344 e. The fourth-order valence-corrected chi connectivity index (χ4v) is 5.26. The number of benzene rings is 1. The fraction of sp³-hybridized carbons (Fsp3) is 0.500. The molecule has 0 aliphatic carbocycles. The van der Waals surface area contributed by atoms with E-state index in [1.807, 2.05) is 25.9 Å². The number of ether oxygens (including phenoxy) is 1. The number of carbonyl (C=O) groups excluding carboxylic acids is 1. The monoisotopic (exact) mass is 423 g/mol. The van der Waals surface area contributed by atoms with Gasteiger partial charge in [-0.25, -0.2) is 13.6 Å². The second kappa shape index (κ2) is 7.28. The lowest BCUT2D eigenvalue weighted by Gasteiger charge is -2.33. The van der Waals surface area contributed by atoms with Crippen molar-refractivity contribution in [3.63, 3.8) is 0 Å². The molecule has 1 saturated heterocycles. The van der Waals surface area contributed by atoms with Crippen LogP contribution in [0.15, 0.2) is 15.9 Å². The maximum atomic E-state index is 15.6. The Hall–Kier alpha value is -2.13. The Bertz CT molecular complexity index is 1070. The Morgan fingerprint density at radius 3 is 2.69 bits per heavy atom. The quantitative estimate of drug-likeness (QED) is 0.704. The molecule has 1 fully saturated rings. The number of nitrogens with zero attached hydrogens (tertiary/aromatic N) is 3. The van der Waals surface area contributed by atoms with E-state index in [4.69, 9.17) is 4.74 Å². The molecule has 0 radical (unpaired) electrons. The van der Waals surface area contributed by atoms with E-state index in [1.165, 1.54) is 11.8 Å². The maximum Gasteiger partial charge on any atom is 0.344 e. The topological polar surface area (TPSA) is 54.8 Å². The highest BCUT2D eigenvalue weighted by Crippen LogP contribution is 2.47. The molecule has 2 aromatic rings. The van der Waals surface area contributed by atoms with E-state index >= 15 is 8.78 Å². The fourth-order valence-electron chi connectivity index (χ4n) is 4.13. The minimum absolute atomic E-state index is 0.0500. The van der Waals surface area contributed by atoms with Crippen molar-refractivity contribution in [2.24, 2.45) is 0 Å². The number of aromatic nitrogens is 1. The van der Waals surface area contributed by atoms with Crippen molar-refractivity contribution in [1.82, 2.24) is 9.47 Å². The van der Waals surface area contributed by atoms with Crippen LogP contribution in [0, 0.1) is 11.6 Å². The van der Waals surface area contributed by atoms with Crippen LogP contribution in [-0.4, -0.2) is 55.3 Å². The first kappa shape index (κ1) is 20.2. The number of thioether (sulfide) groups is 1. The summed E-state index contributed by atoms with van der Waals surface area (Å²) in [6.07, 6.45) is 0.802. The van der Waals surface area contributed by atoms with E-state index in [0.29, 0.717) is 18.1 Å². The molecule has 1 aromatic carbocycles. The van der Waals surface area contributed by atoms with E-state index in [2.05, 4.69) is 0 Å². The predicted octanol–water partition coefficient (Wildman–Crippen LogP) is 3.22. The molecule has 1 unspecified atom stereocenters. The van der Waals surface area contributed by atoms with Gasteiger partial charge in [0.15, 0.2) is 5.82 Å². The molecule has 0 saturated carbocycles. The maximum absolute atomic E-state index is 15.6. The zero-order chi connectivity index (χ0) is 21.0. The average molecular weight is 423 g/mol. The minimum atomic E-state index is -0.790. The van der Waals surface area contributed by atoms with E-state index in [1.54, 1.807) is 16.4 Å². The number of pyridine rings is 1. The lowest BCUT2D eigenvalue weighted by molar-refractivity contribution is 0.0518. The van der Waals surface area contributed by atoms with Crippen molar-refractivity contribution >= 4 is 34.3 Å². The molecule has 0 N–H and O–H groups in total. The van der Waals surface area contributed by atoms with Crippen LogP contribution in [0.2, 0.25) is 0 Å². The Morgan fingerprint density at radius 1 is 1.38 bits per heavy atom. The number of likely N-dealkylation sites (N-methyl/N-ethyl adjacent to an activating group) is 1. The summed E-state index contributed by atoms with van der Waals surface area (Å²) in [5.74, 6) is -2.30. The van der Waals surface area contributed by atoms with Gasteiger partial charge in [0.05, 0.1) is 27.9 Å². The van der Waals surface area contributed by atoms with Gasteiger partial charge in [0.1, 0.15) is 17.1 Å². The van der Waals surface area contributed by atoms with Crippen LogP contribution in [0.4, 0.5) is 14.5 Å². The number of esters is 1. The summed E-state index contributed by atoms with van der Waals surface area (Å²) in [6.45, 7) is 4.64. The number of anilines is 1. The van der Waals surface area contributed by atoms with Crippen molar-refractivity contribution in [2.75, 3.05) is 38.7 Å². The third-order valence-corrected chi connectivity index (χ3v) is 6.82. The molecule has 0 spiro atoms. The van der Waals surface area contributed by atoms with Gasteiger partial charge in [-0.3, -0.25) is 4.79 Å². The third-order valence-electron chi connectivity index (χ3n) is 5.65. The van der Waals surface area contributed by atoms with Crippen LogP contribution in [0.3, 0.4) is 0 Å². The van der Waals surface area contributed by atoms with Gasteiger partial charge in [0.2, 0.25) is 5.43 Å². The number of fused-ring (bicyclic) bond motifs is 3. The first-order chi connectivity index (χ1) is 13.8. The van der Waals surface area contributed by atoms with Crippen LogP contribution < -0.4 is 10.3 Å². The molecule has 0 bridgehead atoms. The summed E-state index contributed by atoms with van der Waals surface area (Å²) in [6, 6.07) is 1.26. The number of carbonyl (C=O) groups is 1. The van der Waals surface area contributed by atoms with E-state index < -0.39 is 23.0 Å². The van der Waals surface area contributed by atoms with E-state index in [9.17, 15) is 9.59 Å². The summed E-state index contributed by atoms with van der Waals surface area (Å²) in [4.78, 5) is 29.0. The van der Waals surface area contributed by atoms with E-state index in [-0.39, 0.29) is 40.2 Å². The summed E-state index contributed by atoms with van der Waals surface area (Å²) in [7, 11) is 3.89. The molecule has 2 aliphatic rings. The number of rotatable bonds is 4. The second-order valence-corrected chi connectivity index (χ2v) is 8.89. The molecule has 0 amide bonds. The van der Waals surface area contributed by atoms with Crippen molar-refractivity contribution in [3.8, 4) is 0 Å². The zero-order valence-electron chi connectivity index (χ0n) is 16.8. The van der Waals surface area contributed by atoms with Crippen LogP contribution in [0.25, 0.3) is 10.9 Å². The van der Waals surface area contributed by atoms with Gasteiger partial charge in [-0.05, 0) is 40.4 Å². The Kier molecular flexibility index (Phi) is 5.06. The third kappa shape index (κ3) is 3.02. The van der Waals surface area contributed by atoms with Crippen molar-refractivity contribution in [1.29, 1.82) is 0 Å². The molecule has 9 heteroatoms. The highest BCUT2D eigenvalue weighted by molar-refractivity contribution is 8.00. The second-order valence-electron chi connectivity index (χ2n) is 7.59. The number of hydrogen-bond donors (Lipinski definition) is 0. The van der Waals surface area contributed by atoms with Crippen molar-refractivity contribution in [3.05, 3.63) is 33.5 Å². The van der Waals surface area contributed by atoms with Crippen LogP contribution in [-0.2, 0) is 4.74 Å². The summed E-state index contributed by atoms with van der Waals surface area (Å²) < 4.78 is 37.2. The van der Waals surface area contributed by atoms with Crippen LogP contribution in [0.5, 0.6) is 0 Å². The normalized spacial score (nSPS) is 20.9. The van der Waals surface area contributed by atoms with Gasteiger partial charge in [0, 0.05) is 19.1 Å². The Balaban J connectivity index is 1.93. The molecule has 29 heavy (non-hydrogen) atoms. The highest BCUT2D eigenvalue weighted by atomic mass is 32.2. The van der Waals surface area contributed by atoms with Crippen molar-refractivity contribution < 1.29 is 18.3 Å². The first-order valence-electron chi connectivity index (χ1n) is 9.61. The molecule has 1 aromatic heterocycles. The van der Waals surface area contributed by atoms with Gasteiger partial charge < -0.3 is 19.1 Å². The van der Waals surface area contributed by atoms with Gasteiger partial charge in [0.25, 0.3) is 0 Å². The summed E-state index contributed by atoms with van der Waals surface area (Å²) in [5.41, 5.74) is -0.901. The average Bonchev–Trinajstić information content (AvgIpc) is 3.12. The van der Waals surface area contributed by atoms with Crippen LogP contribution >= 0.6 is 11.8 Å². The van der Waals surface area contributed by atoms with Gasteiger partial charge in [-0.1, -0.05) is 11.8 Å². The largest absolute Gasteiger partial charge is 0.462 e. The van der Waals surface area contributed by atoms with E-state index in [0.717, 1.165) is 12.5 Å². The molecular weight excluding hydrogens is 400 g/mol. The number of hydrogen-bond acceptors (Lipinski definition) is 6. The van der Waals surface area contributed by atoms with Gasteiger partial charge in [-0.2, -0.15) is 0 Å². The lowest BCUT2D eigenvalue weighted by atomic mass is 10.1. The van der Waals surface area contributed by atoms with Gasteiger partial charge in [-0.15, -0.1) is 0 Å². The minimum Gasteiger partial charge on any atom is -0.462 e. The lowest BCUT2D eigenvalue weighted by Crippen LogP contribution is -2.33. The standard InChI is InChI=1S/C20H23F2N3O3S/c1-5-28-20(27)14-18(26)12-8-13(21)17(24-7-6-11(9-24)23(3)4)15(22)16(12)25-10(2)29-19(14)25/h8,10-11H,5-7,9H2,1-4H3/t10?,11-/m1/s1. The predicted molar refractivity (Wildman–Crippen MR) is 109 cm³/mol. The summed E-state index contributed by atoms with van der Waals surface area (Å²) in [5, 5.41) is 0.0609. The zero-order valence-corrected chi connectivity index (χ0v) is 17.6. The molecule has 6 nitrogen and oxygen atoms in total. The molecular formula is C20H23F2N3O3S. The Labute approximate surface area is 171 Å². The molecule has 3 heterocycles. The van der Waals surface area contributed by atoms with Crippen LogP contribution in [0.1, 0.15) is 36.0 Å². The first-order valence-corrected chi connectivity index (χ1v) is 10.5. The summed E-state index contributed by atoms with van der Waals surface area (Å²) >= 11 is 1.30. The molecule has 156 valence electrons. The molecule has 2 atom stereocenters. The molecule has 2 aliphatic heterocycles. The van der Waals surface area contributed by atoms with Crippen molar-refractivity contribution in [2.45, 2.75) is 36.7 Å². The number of halogens is 2. The van der Waals surface area contributed by atoms with Gasteiger partial charge >= 0.3 is 5.97 Å².